The lowest BCUT2D eigenvalue weighted by Gasteiger charge is -2.22. The molecule has 0 aliphatic rings. The molecule has 0 aliphatic carbocycles. The van der Waals surface area contributed by atoms with Gasteiger partial charge in [-0.25, -0.2) is 0 Å². The zero-order valence-electron chi connectivity index (χ0n) is 16.1. The van der Waals surface area contributed by atoms with Crippen molar-refractivity contribution in [2.75, 3.05) is 7.05 Å². The first-order valence-corrected chi connectivity index (χ1v) is 9.59. The molecule has 0 N–H and O–H groups in total. The van der Waals surface area contributed by atoms with Crippen LogP contribution in [0.25, 0.3) is 10.7 Å². The first-order valence-electron chi connectivity index (χ1n) is 8.71. The summed E-state index contributed by atoms with van der Waals surface area (Å²) in [5, 5.41) is 5.92. The fourth-order valence-electron chi connectivity index (χ4n) is 2.78. The van der Waals surface area contributed by atoms with E-state index in [1.54, 1.807) is 14.0 Å². The first kappa shape index (κ1) is 19.1. The van der Waals surface area contributed by atoms with Crippen molar-refractivity contribution in [2.45, 2.75) is 40.3 Å². The van der Waals surface area contributed by atoms with Crippen LogP contribution in [-0.4, -0.2) is 34.1 Å². The number of carbonyl (C=O) groups excluding carboxylic acids is 1. The molecule has 0 saturated carbocycles. The van der Waals surface area contributed by atoms with Crippen molar-refractivity contribution in [3.63, 3.8) is 0 Å². The van der Waals surface area contributed by atoms with Gasteiger partial charge < -0.3 is 14.2 Å². The van der Waals surface area contributed by atoms with Gasteiger partial charge in [-0.15, -0.1) is 11.3 Å². The van der Waals surface area contributed by atoms with E-state index in [9.17, 15) is 4.79 Å². The maximum absolute atomic E-state index is 12.7. The number of likely N-dealkylation sites (N-methyl/N-ethyl adjacent to an activating group) is 1. The molecule has 3 aromatic rings. The topological polar surface area (TPSA) is 68.5 Å². The molecule has 3 rings (SSSR count). The molecule has 6 nitrogen and oxygen atoms in total. The maximum atomic E-state index is 12.7. The molecule has 2 heterocycles. The van der Waals surface area contributed by atoms with Gasteiger partial charge >= 0.3 is 0 Å². The molecule has 0 radical (unpaired) electrons. The Morgan fingerprint density at radius 1 is 1.33 bits per heavy atom. The Balaban J connectivity index is 1.65. The number of benzene rings is 1. The molecule has 0 spiro atoms. The summed E-state index contributed by atoms with van der Waals surface area (Å²) in [7, 11) is 1.70. The fourth-order valence-corrected chi connectivity index (χ4v) is 3.43. The second-order valence-electron chi connectivity index (χ2n) is 6.65. The molecule has 0 unspecified atom stereocenters. The summed E-state index contributed by atoms with van der Waals surface area (Å²) < 4.78 is 11.2. The Kier molecular flexibility index (Phi) is 5.60. The Bertz CT molecular complexity index is 934. The Morgan fingerprint density at radius 2 is 2.11 bits per heavy atom. The van der Waals surface area contributed by atoms with E-state index < -0.39 is 6.10 Å². The summed E-state index contributed by atoms with van der Waals surface area (Å²) >= 11 is 1.54. The van der Waals surface area contributed by atoms with Crippen molar-refractivity contribution < 1.29 is 14.1 Å². The van der Waals surface area contributed by atoms with E-state index in [1.165, 1.54) is 16.2 Å². The van der Waals surface area contributed by atoms with Crippen molar-refractivity contribution in [3.05, 3.63) is 52.2 Å². The molecule has 0 aliphatic heterocycles. The largest absolute Gasteiger partial charge is 0.481 e. The first-order chi connectivity index (χ1) is 12.8. The van der Waals surface area contributed by atoms with Gasteiger partial charge in [0.25, 0.3) is 5.91 Å². The van der Waals surface area contributed by atoms with Crippen LogP contribution in [0.4, 0.5) is 0 Å². The summed E-state index contributed by atoms with van der Waals surface area (Å²) in [6.07, 6.45) is -0.616. The van der Waals surface area contributed by atoms with Crippen molar-refractivity contribution >= 4 is 17.2 Å². The third-order valence-electron chi connectivity index (χ3n) is 4.37. The second-order valence-corrected chi connectivity index (χ2v) is 7.60. The van der Waals surface area contributed by atoms with E-state index in [-0.39, 0.29) is 12.5 Å². The van der Waals surface area contributed by atoms with Gasteiger partial charge in [0.1, 0.15) is 5.75 Å². The predicted molar refractivity (Wildman–Crippen MR) is 105 cm³/mol. The molecule has 1 atom stereocenters. The number of nitrogens with zero attached hydrogens (tertiary/aromatic N) is 3. The van der Waals surface area contributed by atoms with Crippen molar-refractivity contribution in [2.24, 2.45) is 0 Å². The standard InChI is InChI=1S/C20H23N3O3S/c1-12-9-13(2)14(3)16(10-12)25-15(4)20(24)23(5)11-18-21-19(22-26-18)17-7-6-8-27-17/h6-10,15H,11H2,1-5H3/t15-/m0/s1. The van der Waals surface area contributed by atoms with Crippen molar-refractivity contribution in [1.82, 2.24) is 15.0 Å². The minimum absolute atomic E-state index is 0.149. The second kappa shape index (κ2) is 7.92. The molecule has 142 valence electrons. The van der Waals surface area contributed by atoms with Crippen LogP contribution in [0.2, 0.25) is 0 Å². The zero-order chi connectivity index (χ0) is 19.6. The lowest BCUT2D eigenvalue weighted by molar-refractivity contribution is -0.137. The van der Waals surface area contributed by atoms with Gasteiger partial charge in [0, 0.05) is 7.05 Å². The maximum Gasteiger partial charge on any atom is 0.263 e. The normalized spacial score (nSPS) is 12.0. The fraction of sp³-hybridized carbons (Fsp3) is 0.350. The summed E-state index contributed by atoms with van der Waals surface area (Å²) in [5.41, 5.74) is 3.29. The molecule has 7 heteroatoms. The number of aromatic nitrogens is 2. The molecular weight excluding hydrogens is 362 g/mol. The van der Waals surface area contributed by atoms with E-state index >= 15 is 0 Å². The van der Waals surface area contributed by atoms with Crippen molar-refractivity contribution in [3.8, 4) is 16.5 Å². The molecule has 0 bridgehead atoms. The molecule has 1 aromatic carbocycles. The van der Waals surface area contributed by atoms with Crippen LogP contribution < -0.4 is 4.74 Å². The molecule has 27 heavy (non-hydrogen) atoms. The lowest BCUT2D eigenvalue weighted by Crippen LogP contribution is -2.37. The Morgan fingerprint density at radius 3 is 2.81 bits per heavy atom. The highest BCUT2D eigenvalue weighted by Gasteiger charge is 2.22. The molecule has 2 aromatic heterocycles. The van der Waals surface area contributed by atoms with E-state index in [0.29, 0.717) is 11.7 Å². The number of ether oxygens (including phenoxy) is 1. The average Bonchev–Trinajstić information content (AvgIpc) is 3.29. The van der Waals surface area contributed by atoms with Crippen LogP contribution in [0.5, 0.6) is 5.75 Å². The Labute approximate surface area is 162 Å². The summed E-state index contributed by atoms with van der Waals surface area (Å²) in [5.74, 6) is 1.52. The van der Waals surface area contributed by atoms with Crippen LogP contribution in [0, 0.1) is 20.8 Å². The highest BCUT2D eigenvalue weighted by Crippen LogP contribution is 2.25. The van der Waals surface area contributed by atoms with Gasteiger partial charge in [-0.2, -0.15) is 4.98 Å². The molecule has 0 saturated heterocycles. The van der Waals surface area contributed by atoms with E-state index in [0.717, 1.165) is 27.3 Å². The van der Waals surface area contributed by atoms with Crippen LogP contribution in [0.1, 0.15) is 29.5 Å². The van der Waals surface area contributed by atoms with Crippen molar-refractivity contribution in [1.29, 1.82) is 0 Å². The van der Waals surface area contributed by atoms with Gasteiger partial charge in [-0.3, -0.25) is 4.79 Å². The van der Waals surface area contributed by atoms with Crippen LogP contribution in [-0.2, 0) is 11.3 Å². The number of thiophene rings is 1. The van der Waals surface area contributed by atoms with Gasteiger partial charge in [-0.05, 0) is 61.9 Å². The summed E-state index contributed by atoms with van der Waals surface area (Å²) in [6.45, 7) is 8.03. The zero-order valence-corrected chi connectivity index (χ0v) is 17.0. The number of carbonyl (C=O) groups is 1. The van der Waals surface area contributed by atoms with Crippen LogP contribution in [0.15, 0.2) is 34.2 Å². The van der Waals surface area contributed by atoms with Crippen LogP contribution >= 0.6 is 11.3 Å². The van der Waals surface area contributed by atoms with Gasteiger partial charge in [0.15, 0.2) is 6.10 Å². The van der Waals surface area contributed by atoms with Gasteiger partial charge in [0.2, 0.25) is 11.7 Å². The number of rotatable bonds is 6. The highest BCUT2D eigenvalue weighted by atomic mass is 32.1. The number of hydrogen-bond acceptors (Lipinski definition) is 6. The quantitative estimate of drug-likeness (QED) is 0.638. The summed E-state index contributed by atoms with van der Waals surface area (Å²) in [4.78, 5) is 19.5. The third-order valence-corrected chi connectivity index (χ3v) is 5.24. The summed E-state index contributed by atoms with van der Waals surface area (Å²) in [6, 6.07) is 7.91. The highest BCUT2D eigenvalue weighted by molar-refractivity contribution is 7.13. The molecule has 1 amide bonds. The number of aryl methyl sites for hydroxylation is 2. The minimum atomic E-state index is -0.616. The third kappa shape index (κ3) is 4.36. The monoisotopic (exact) mass is 385 g/mol. The minimum Gasteiger partial charge on any atom is -0.481 e. The van der Waals surface area contributed by atoms with Crippen LogP contribution in [0.3, 0.4) is 0 Å². The number of hydrogen-bond donors (Lipinski definition) is 0. The van der Waals surface area contributed by atoms with E-state index in [4.69, 9.17) is 9.26 Å². The SMILES string of the molecule is Cc1cc(C)c(C)c(O[C@@H](C)C(=O)N(C)Cc2nc(-c3cccs3)no2)c1. The smallest absolute Gasteiger partial charge is 0.263 e. The molecular formula is C20H23N3O3S. The predicted octanol–water partition coefficient (Wildman–Crippen LogP) is 4.15. The van der Waals surface area contributed by atoms with E-state index in [2.05, 4.69) is 16.2 Å². The average molecular weight is 385 g/mol. The van der Waals surface area contributed by atoms with E-state index in [1.807, 2.05) is 44.4 Å². The van der Waals surface area contributed by atoms with Gasteiger partial charge in [-0.1, -0.05) is 17.3 Å². The van der Waals surface area contributed by atoms with Gasteiger partial charge in [0.05, 0.1) is 11.4 Å². The Hall–Kier alpha value is -2.67. The lowest BCUT2D eigenvalue weighted by atomic mass is 10.1. The molecule has 0 fully saturated rings. The number of amides is 1.